The van der Waals surface area contributed by atoms with Crippen LogP contribution in [0.1, 0.15) is 30.1 Å². The summed E-state index contributed by atoms with van der Waals surface area (Å²) in [6, 6.07) is 12.3. The van der Waals surface area contributed by atoms with E-state index in [0.717, 1.165) is 25.8 Å². The number of nitrogens with one attached hydrogen (secondary N) is 1. The SMILES string of the molecule is CS(=O)(=O)NC1CCCN(C(=O)C2CC2c2sccc2-c2ccccc2)C1. The zero-order chi connectivity index (χ0) is 19.0. The van der Waals surface area contributed by atoms with Gasteiger partial charge in [-0.1, -0.05) is 30.3 Å². The van der Waals surface area contributed by atoms with Crippen LogP contribution in [0.2, 0.25) is 0 Å². The summed E-state index contributed by atoms with van der Waals surface area (Å²) in [6.07, 6.45) is 3.69. The lowest BCUT2D eigenvalue weighted by Crippen LogP contribution is -2.49. The summed E-state index contributed by atoms with van der Waals surface area (Å²) in [6.45, 7) is 1.20. The van der Waals surface area contributed by atoms with Gasteiger partial charge in [-0.3, -0.25) is 4.79 Å². The molecule has 0 spiro atoms. The highest BCUT2D eigenvalue weighted by Crippen LogP contribution is 2.53. The first-order valence-corrected chi connectivity index (χ1v) is 12.1. The van der Waals surface area contributed by atoms with Gasteiger partial charge in [-0.05, 0) is 41.8 Å². The van der Waals surface area contributed by atoms with Crippen molar-refractivity contribution in [2.45, 2.75) is 31.2 Å². The first-order valence-electron chi connectivity index (χ1n) is 9.31. The monoisotopic (exact) mass is 404 g/mol. The number of hydrogen-bond acceptors (Lipinski definition) is 4. The van der Waals surface area contributed by atoms with E-state index in [0.29, 0.717) is 6.54 Å². The zero-order valence-corrected chi connectivity index (χ0v) is 16.9. The summed E-state index contributed by atoms with van der Waals surface area (Å²) in [5, 5.41) is 2.10. The smallest absolute Gasteiger partial charge is 0.226 e. The van der Waals surface area contributed by atoms with Gasteiger partial charge in [0, 0.05) is 35.8 Å². The van der Waals surface area contributed by atoms with E-state index in [1.807, 2.05) is 23.1 Å². The lowest BCUT2D eigenvalue weighted by Gasteiger charge is -2.33. The van der Waals surface area contributed by atoms with Crippen LogP contribution in [0.25, 0.3) is 11.1 Å². The van der Waals surface area contributed by atoms with Crippen molar-refractivity contribution in [3.8, 4) is 11.1 Å². The van der Waals surface area contributed by atoms with Gasteiger partial charge in [0.1, 0.15) is 0 Å². The summed E-state index contributed by atoms with van der Waals surface area (Å²) >= 11 is 1.73. The molecule has 1 saturated carbocycles. The van der Waals surface area contributed by atoms with E-state index in [-0.39, 0.29) is 23.8 Å². The molecule has 3 unspecified atom stereocenters. The van der Waals surface area contributed by atoms with Crippen LogP contribution < -0.4 is 4.72 Å². The second-order valence-electron chi connectivity index (χ2n) is 7.53. The number of piperidine rings is 1. The number of benzene rings is 1. The zero-order valence-electron chi connectivity index (χ0n) is 15.3. The van der Waals surface area contributed by atoms with Gasteiger partial charge in [0.25, 0.3) is 0 Å². The molecule has 1 aromatic heterocycles. The van der Waals surface area contributed by atoms with Crippen molar-refractivity contribution in [2.75, 3.05) is 19.3 Å². The fourth-order valence-corrected chi connectivity index (χ4v) is 5.93. The van der Waals surface area contributed by atoms with Crippen LogP contribution in [0.15, 0.2) is 41.8 Å². The molecular formula is C20H24N2O3S2. The maximum absolute atomic E-state index is 13.0. The third-order valence-corrected chi connectivity index (χ3v) is 7.15. The number of thiophene rings is 1. The van der Waals surface area contributed by atoms with Crippen LogP contribution in [0.5, 0.6) is 0 Å². The average Bonchev–Trinajstić information content (AvgIpc) is 3.28. The predicted octanol–water partition coefficient (Wildman–Crippen LogP) is 3.06. The molecular weight excluding hydrogens is 380 g/mol. The van der Waals surface area contributed by atoms with Gasteiger partial charge in [0.2, 0.25) is 15.9 Å². The Labute approximate surface area is 164 Å². The normalized spacial score (nSPS) is 25.4. The van der Waals surface area contributed by atoms with Gasteiger partial charge < -0.3 is 4.90 Å². The summed E-state index contributed by atoms with van der Waals surface area (Å²) in [5.74, 6) is 0.492. The summed E-state index contributed by atoms with van der Waals surface area (Å²) in [7, 11) is -3.25. The Kier molecular flexibility index (Phi) is 5.09. The Balaban J connectivity index is 1.43. The van der Waals surface area contributed by atoms with Crippen LogP contribution in [0.3, 0.4) is 0 Å². The molecule has 2 aliphatic rings. The van der Waals surface area contributed by atoms with Crippen molar-refractivity contribution < 1.29 is 13.2 Å². The van der Waals surface area contributed by atoms with E-state index in [4.69, 9.17) is 0 Å². The molecule has 4 rings (SSSR count). The molecule has 2 aromatic rings. The Bertz CT molecular complexity index is 924. The fraction of sp³-hybridized carbons (Fsp3) is 0.450. The molecule has 1 N–H and O–H groups in total. The number of carbonyl (C=O) groups is 1. The minimum atomic E-state index is -3.25. The van der Waals surface area contributed by atoms with E-state index < -0.39 is 10.0 Å². The maximum atomic E-state index is 13.0. The number of hydrogen-bond donors (Lipinski definition) is 1. The fourth-order valence-electron chi connectivity index (χ4n) is 4.03. The Morgan fingerprint density at radius 2 is 2.00 bits per heavy atom. The Hall–Kier alpha value is -1.70. The first-order chi connectivity index (χ1) is 12.9. The van der Waals surface area contributed by atoms with E-state index in [1.165, 1.54) is 22.3 Å². The number of likely N-dealkylation sites (tertiary alicyclic amines) is 1. The molecule has 5 nitrogen and oxygen atoms in total. The van der Waals surface area contributed by atoms with Gasteiger partial charge in [-0.2, -0.15) is 0 Å². The van der Waals surface area contributed by atoms with E-state index in [2.05, 4.69) is 28.3 Å². The molecule has 1 aliphatic carbocycles. The van der Waals surface area contributed by atoms with Crippen molar-refractivity contribution >= 4 is 27.3 Å². The topological polar surface area (TPSA) is 66.5 Å². The molecule has 1 aliphatic heterocycles. The highest BCUT2D eigenvalue weighted by molar-refractivity contribution is 7.88. The lowest BCUT2D eigenvalue weighted by molar-refractivity contribution is -0.133. The highest BCUT2D eigenvalue weighted by Gasteiger charge is 2.47. The van der Waals surface area contributed by atoms with Gasteiger partial charge >= 0.3 is 0 Å². The Morgan fingerprint density at radius 1 is 1.22 bits per heavy atom. The molecule has 7 heteroatoms. The lowest BCUT2D eigenvalue weighted by atomic mass is 10.0. The van der Waals surface area contributed by atoms with Gasteiger partial charge in [-0.25, -0.2) is 13.1 Å². The summed E-state index contributed by atoms with van der Waals surface area (Å²) in [4.78, 5) is 16.1. The summed E-state index contributed by atoms with van der Waals surface area (Å²) < 4.78 is 25.6. The standard InChI is InChI=1S/C20H24N2O3S2/c1-27(24,25)21-15-8-5-10-22(13-15)20(23)18-12-17(18)19-16(9-11-26-19)14-6-3-2-4-7-14/h2-4,6-7,9,11,15,17-18,21H,5,8,10,12-13H2,1H3. The van der Waals surface area contributed by atoms with Crippen molar-refractivity contribution in [3.63, 3.8) is 0 Å². The number of nitrogens with zero attached hydrogens (tertiary/aromatic N) is 1. The average molecular weight is 405 g/mol. The number of sulfonamides is 1. The molecule has 2 fully saturated rings. The van der Waals surface area contributed by atoms with Crippen LogP contribution >= 0.6 is 11.3 Å². The Morgan fingerprint density at radius 3 is 2.74 bits per heavy atom. The number of rotatable bonds is 5. The third-order valence-electron chi connectivity index (χ3n) is 5.34. The van der Waals surface area contributed by atoms with E-state index >= 15 is 0 Å². The first kappa shape index (κ1) is 18.7. The quantitative estimate of drug-likeness (QED) is 0.833. The van der Waals surface area contributed by atoms with Crippen LogP contribution in [-0.2, 0) is 14.8 Å². The van der Waals surface area contributed by atoms with Crippen molar-refractivity contribution in [3.05, 3.63) is 46.7 Å². The largest absolute Gasteiger partial charge is 0.341 e. The minimum Gasteiger partial charge on any atom is -0.341 e. The van der Waals surface area contributed by atoms with Gasteiger partial charge in [0.05, 0.1) is 6.26 Å². The van der Waals surface area contributed by atoms with Crippen LogP contribution in [0.4, 0.5) is 0 Å². The molecule has 144 valence electrons. The van der Waals surface area contributed by atoms with Gasteiger partial charge in [0.15, 0.2) is 0 Å². The molecule has 1 saturated heterocycles. The van der Waals surface area contributed by atoms with Crippen molar-refractivity contribution in [1.29, 1.82) is 0 Å². The van der Waals surface area contributed by atoms with Crippen LogP contribution in [0, 0.1) is 5.92 Å². The summed E-state index contributed by atoms with van der Waals surface area (Å²) in [5.41, 5.74) is 2.43. The van der Waals surface area contributed by atoms with Crippen molar-refractivity contribution in [2.24, 2.45) is 5.92 Å². The molecule has 1 aromatic carbocycles. The molecule has 1 amide bonds. The maximum Gasteiger partial charge on any atom is 0.226 e. The minimum absolute atomic E-state index is 0.0306. The molecule has 0 bridgehead atoms. The molecule has 2 heterocycles. The number of amides is 1. The second kappa shape index (κ2) is 7.37. The number of carbonyl (C=O) groups excluding carboxylic acids is 1. The molecule has 0 radical (unpaired) electrons. The third kappa shape index (κ3) is 4.25. The van der Waals surface area contributed by atoms with Gasteiger partial charge in [-0.15, -0.1) is 11.3 Å². The van der Waals surface area contributed by atoms with Crippen LogP contribution in [-0.4, -0.2) is 44.6 Å². The van der Waals surface area contributed by atoms with E-state index in [1.54, 1.807) is 11.3 Å². The van der Waals surface area contributed by atoms with Crippen molar-refractivity contribution in [1.82, 2.24) is 9.62 Å². The second-order valence-corrected chi connectivity index (χ2v) is 10.3. The van der Waals surface area contributed by atoms with E-state index in [9.17, 15) is 13.2 Å². The molecule has 3 atom stereocenters. The predicted molar refractivity (Wildman–Crippen MR) is 108 cm³/mol. The molecule has 27 heavy (non-hydrogen) atoms. The highest BCUT2D eigenvalue weighted by atomic mass is 32.2.